The number of amides is 1. The lowest BCUT2D eigenvalue weighted by atomic mass is 10.0. The first kappa shape index (κ1) is 15.3. The molecule has 108 valence electrons. The summed E-state index contributed by atoms with van der Waals surface area (Å²) in [5.74, 6) is 0.0615. The van der Waals surface area contributed by atoms with Gasteiger partial charge in [-0.15, -0.1) is 0 Å². The Bertz CT molecular complexity index is 686. The zero-order valence-electron chi connectivity index (χ0n) is 11.8. The van der Waals surface area contributed by atoms with Gasteiger partial charge in [0.2, 0.25) is 0 Å². The fourth-order valence-corrected chi connectivity index (χ4v) is 2.45. The number of rotatable bonds is 4. The van der Waals surface area contributed by atoms with Crippen LogP contribution in [0.15, 0.2) is 45.5 Å². The van der Waals surface area contributed by atoms with E-state index >= 15 is 0 Å². The Morgan fingerprint density at radius 3 is 2.76 bits per heavy atom. The van der Waals surface area contributed by atoms with E-state index in [1.807, 2.05) is 26.0 Å². The molecule has 2 aromatic rings. The van der Waals surface area contributed by atoms with Crippen LogP contribution < -0.4 is 5.32 Å². The largest absolute Gasteiger partial charge is 0.459 e. The second kappa shape index (κ2) is 6.59. The van der Waals surface area contributed by atoms with Gasteiger partial charge in [0, 0.05) is 10.0 Å². The molecule has 2 rings (SSSR count). The zero-order chi connectivity index (χ0) is 15.4. The molecule has 0 bridgehead atoms. The number of carbonyl (C=O) groups is 1. The van der Waals surface area contributed by atoms with Crippen molar-refractivity contribution in [1.29, 1.82) is 5.26 Å². The lowest BCUT2D eigenvalue weighted by Crippen LogP contribution is -2.28. The van der Waals surface area contributed by atoms with Gasteiger partial charge in [0.15, 0.2) is 5.76 Å². The molecule has 0 aliphatic carbocycles. The SMILES string of the molecule is CC(C)c1ccoc1C(=O)NC(C#N)c1cccc(Br)c1. The summed E-state index contributed by atoms with van der Waals surface area (Å²) in [6.45, 7) is 3.97. The predicted molar refractivity (Wildman–Crippen MR) is 82.8 cm³/mol. The van der Waals surface area contributed by atoms with Crippen molar-refractivity contribution in [3.63, 3.8) is 0 Å². The van der Waals surface area contributed by atoms with Gasteiger partial charge < -0.3 is 9.73 Å². The molecule has 0 saturated heterocycles. The Hall–Kier alpha value is -2.06. The molecule has 5 heteroatoms. The number of nitriles is 1. The van der Waals surface area contributed by atoms with E-state index in [-0.39, 0.29) is 17.6 Å². The van der Waals surface area contributed by atoms with Crippen LogP contribution in [0, 0.1) is 11.3 Å². The Balaban J connectivity index is 2.21. The summed E-state index contributed by atoms with van der Waals surface area (Å²) in [5, 5.41) is 12.0. The third-order valence-electron chi connectivity index (χ3n) is 3.11. The molecule has 1 unspecified atom stereocenters. The van der Waals surface area contributed by atoms with E-state index in [0.29, 0.717) is 0 Å². The van der Waals surface area contributed by atoms with E-state index in [0.717, 1.165) is 15.6 Å². The van der Waals surface area contributed by atoms with E-state index in [1.165, 1.54) is 6.26 Å². The van der Waals surface area contributed by atoms with Crippen molar-refractivity contribution in [1.82, 2.24) is 5.32 Å². The minimum absolute atomic E-state index is 0.177. The van der Waals surface area contributed by atoms with Crippen molar-refractivity contribution in [2.75, 3.05) is 0 Å². The van der Waals surface area contributed by atoms with Crippen LogP contribution in [0.25, 0.3) is 0 Å². The lowest BCUT2D eigenvalue weighted by molar-refractivity contribution is 0.0915. The molecule has 1 aromatic carbocycles. The molecule has 0 fully saturated rings. The molecule has 1 amide bonds. The van der Waals surface area contributed by atoms with Crippen LogP contribution in [-0.4, -0.2) is 5.91 Å². The summed E-state index contributed by atoms with van der Waals surface area (Å²) in [6.07, 6.45) is 1.49. The number of nitrogens with zero attached hydrogens (tertiary/aromatic N) is 1. The van der Waals surface area contributed by atoms with Crippen molar-refractivity contribution in [2.45, 2.75) is 25.8 Å². The summed E-state index contributed by atoms with van der Waals surface area (Å²) in [5.41, 5.74) is 1.55. The summed E-state index contributed by atoms with van der Waals surface area (Å²) >= 11 is 3.35. The first-order valence-corrected chi connectivity index (χ1v) is 7.35. The maximum atomic E-state index is 12.3. The molecule has 1 heterocycles. The van der Waals surface area contributed by atoms with Crippen molar-refractivity contribution in [2.24, 2.45) is 0 Å². The summed E-state index contributed by atoms with van der Waals surface area (Å²) < 4.78 is 6.12. The van der Waals surface area contributed by atoms with Crippen molar-refractivity contribution in [3.8, 4) is 6.07 Å². The molecule has 0 saturated carbocycles. The highest BCUT2D eigenvalue weighted by atomic mass is 79.9. The van der Waals surface area contributed by atoms with E-state index in [9.17, 15) is 10.1 Å². The summed E-state index contributed by atoms with van der Waals surface area (Å²) in [7, 11) is 0. The Morgan fingerprint density at radius 1 is 1.38 bits per heavy atom. The molecule has 1 aromatic heterocycles. The van der Waals surface area contributed by atoms with Crippen molar-refractivity contribution in [3.05, 3.63) is 58.0 Å². The third kappa shape index (κ3) is 3.53. The molecule has 1 atom stereocenters. The average molecular weight is 347 g/mol. The van der Waals surface area contributed by atoms with Gasteiger partial charge >= 0.3 is 0 Å². The highest BCUT2D eigenvalue weighted by Gasteiger charge is 2.21. The van der Waals surface area contributed by atoms with Crippen LogP contribution in [0.3, 0.4) is 0 Å². The average Bonchev–Trinajstić information content (AvgIpc) is 2.94. The quantitative estimate of drug-likeness (QED) is 0.903. The van der Waals surface area contributed by atoms with Crippen LogP contribution in [0.2, 0.25) is 0 Å². The highest BCUT2D eigenvalue weighted by Crippen LogP contribution is 2.22. The predicted octanol–water partition coefficient (Wildman–Crippen LogP) is 4.16. The molecule has 0 radical (unpaired) electrons. The fraction of sp³-hybridized carbons (Fsp3) is 0.250. The first-order valence-electron chi connectivity index (χ1n) is 6.56. The molecular formula is C16H15BrN2O2. The van der Waals surface area contributed by atoms with Crippen LogP contribution in [0.5, 0.6) is 0 Å². The zero-order valence-corrected chi connectivity index (χ0v) is 13.3. The van der Waals surface area contributed by atoms with E-state index < -0.39 is 6.04 Å². The van der Waals surface area contributed by atoms with Crippen LogP contribution in [-0.2, 0) is 0 Å². The van der Waals surface area contributed by atoms with Gasteiger partial charge in [0.25, 0.3) is 5.91 Å². The lowest BCUT2D eigenvalue weighted by Gasteiger charge is -2.12. The molecular weight excluding hydrogens is 332 g/mol. The van der Waals surface area contributed by atoms with E-state index in [4.69, 9.17) is 4.42 Å². The van der Waals surface area contributed by atoms with Gasteiger partial charge in [-0.2, -0.15) is 5.26 Å². The van der Waals surface area contributed by atoms with Crippen molar-refractivity contribution < 1.29 is 9.21 Å². The summed E-state index contributed by atoms with van der Waals surface area (Å²) in [4.78, 5) is 12.3. The Kier molecular flexibility index (Phi) is 4.81. The second-order valence-corrected chi connectivity index (χ2v) is 5.87. The maximum Gasteiger partial charge on any atom is 0.288 e. The molecule has 21 heavy (non-hydrogen) atoms. The van der Waals surface area contributed by atoms with Gasteiger partial charge in [-0.3, -0.25) is 4.79 Å². The number of halogens is 1. The number of carbonyl (C=O) groups excluding carboxylic acids is 1. The van der Waals surface area contributed by atoms with Gasteiger partial charge in [-0.25, -0.2) is 0 Å². The standard InChI is InChI=1S/C16H15BrN2O2/c1-10(2)13-6-7-21-15(13)16(20)19-14(9-18)11-4-3-5-12(17)8-11/h3-8,10,14H,1-2H3,(H,19,20). The van der Waals surface area contributed by atoms with Crippen molar-refractivity contribution >= 4 is 21.8 Å². The number of benzene rings is 1. The van der Waals surface area contributed by atoms with E-state index in [2.05, 4.69) is 27.3 Å². The van der Waals surface area contributed by atoms with Crippen LogP contribution >= 0.6 is 15.9 Å². The fourth-order valence-electron chi connectivity index (χ4n) is 2.03. The number of nitrogens with one attached hydrogen (secondary N) is 1. The Morgan fingerprint density at radius 2 is 2.14 bits per heavy atom. The number of hydrogen-bond acceptors (Lipinski definition) is 3. The monoisotopic (exact) mass is 346 g/mol. The second-order valence-electron chi connectivity index (χ2n) is 4.95. The van der Waals surface area contributed by atoms with Gasteiger partial charge in [0.1, 0.15) is 6.04 Å². The van der Waals surface area contributed by atoms with Crippen LogP contribution in [0.4, 0.5) is 0 Å². The van der Waals surface area contributed by atoms with E-state index in [1.54, 1.807) is 18.2 Å². The maximum absolute atomic E-state index is 12.3. The minimum Gasteiger partial charge on any atom is -0.459 e. The molecule has 0 aliphatic heterocycles. The Labute approximate surface area is 131 Å². The summed E-state index contributed by atoms with van der Waals surface area (Å²) in [6, 6.07) is 10.4. The number of furan rings is 1. The van der Waals surface area contributed by atoms with Gasteiger partial charge in [-0.05, 0) is 29.7 Å². The smallest absolute Gasteiger partial charge is 0.288 e. The minimum atomic E-state index is -0.722. The molecule has 4 nitrogen and oxygen atoms in total. The van der Waals surface area contributed by atoms with Gasteiger partial charge in [-0.1, -0.05) is 41.9 Å². The third-order valence-corrected chi connectivity index (χ3v) is 3.60. The number of hydrogen-bond donors (Lipinski definition) is 1. The normalized spacial score (nSPS) is 12.0. The van der Waals surface area contributed by atoms with Gasteiger partial charge in [0.05, 0.1) is 12.3 Å². The topological polar surface area (TPSA) is 66.0 Å². The molecule has 0 aliphatic rings. The molecule has 0 spiro atoms. The highest BCUT2D eigenvalue weighted by molar-refractivity contribution is 9.10. The van der Waals surface area contributed by atoms with Crippen LogP contribution in [0.1, 0.15) is 47.5 Å². The molecule has 1 N–H and O–H groups in total. The first-order chi connectivity index (χ1) is 10.0.